The smallest absolute Gasteiger partial charge is 0.326 e. The summed E-state index contributed by atoms with van der Waals surface area (Å²) in [5, 5.41) is 16.8. The number of carboxylic acids is 1. The molecule has 0 fully saturated rings. The second kappa shape index (κ2) is 12.6. The Labute approximate surface area is 256 Å². The number of hydrogen-bond donors (Lipinski definition) is 4. The van der Waals surface area contributed by atoms with Gasteiger partial charge in [0.25, 0.3) is 11.8 Å². The molecule has 6 aromatic rings. The van der Waals surface area contributed by atoms with Gasteiger partial charge in [0.15, 0.2) is 0 Å². The summed E-state index contributed by atoms with van der Waals surface area (Å²) in [7, 11) is 0. The van der Waals surface area contributed by atoms with E-state index in [1.165, 1.54) is 17.5 Å². The van der Waals surface area contributed by atoms with Gasteiger partial charge in [-0.25, -0.2) is 9.78 Å². The minimum Gasteiger partial charge on any atom is -0.480 e. The van der Waals surface area contributed by atoms with Gasteiger partial charge in [-0.15, -0.1) is 11.3 Å². The van der Waals surface area contributed by atoms with Crippen LogP contribution in [-0.4, -0.2) is 38.9 Å². The Morgan fingerprint density at radius 1 is 0.864 bits per heavy atom. The molecule has 0 aliphatic rings. The van der Waals surface area contributed by atoms with Gasteiger partial charge in [-0.3, -0.25) is 9.59 Å². The standard InChI is InChI=1S/C34H26N4O5S/c39-31(38-29(34(41)42)17-23-19-35-28-12-5-4-11-27(23)28)21-13-15-22(16-14-21)33-36-20-30(44-33)32(40)37-24-7-6-10-26(18-24)43-25-8-2-1-3-9-25/h1-16,18-20,29,35H,17H2,(H,37,40)(H,38,39)(H,41,42)/t29-/m1/s1. The minimum atomic E-state index is -1.12. The Kier molecular flexibility index (Phi) is 8.15. The molecule has 6 rings (SSSR count). The number of benzene rings is 4. The van der Waals surface area contributed by atoms with Gasteiger partial charge in [-0.2, -0.15) is 0 Å². The van der Waals surface area contributed by atoms with Crippen LogP contribution in [0.5, 0.6) is 11.5 Å². The molecule has 1 atom stereocenters. The van der Waals surface area contributed by atoms with Crippen LogP contribution in [0.1, 0.15) is 25.6 Å². The molecule has 4 N–H and O–H groups in total. The van der Waals surface area contributed by atoms with Crippen molar-refractivity contribution in [1.82, 2.24) is 15.3 Å². The molecule has 0 bridgehead atoms. The molecule has 9 nitrogen and oxygen atoms in total. The Hall–Kier alpha value is -5.74. The zero-order valence-electron chi connectivity index (χ0n) is 23.2. The van der Waals surface area contributed by atoms with Crippen LogP contribution in [0.25, 0.3) is 21.5 Å². The molecule has 2 aromatic heterocycles. The number of rotatable bonds is 10. The lowest BCUT2D eigenvalue weighted by Gasteiger charge is -2.14. The number of nitrogens with one attached hydrogen (secondary N) is 3. The maximum absolute atomic E-state index is 12.9. The number of carbonyl (C=O) groups is 3. The number of ether oxygens (including phenoxy) is 1. The van der Waals surface area contributed by atoms with Crippen LogP contribution in [0.2, 0.25) is 0 Å². The number of amides is 2. The number of thiazole rings is 1. The summed E-state index contributed by atoms with van der Waals surface area (Å²) in [4.78, 5) is 45.8. The molecule has 0 spiro atoms. The number of aromatic amines is 1. The number of para-hydroxylation sites is 2. The van der Waals surface area contributed by atoms with Crippen molar-refractivity contribution in [2.45, 2.75) is 12.5 Å². The lowest BCUT2D eigenvalue weighted by Crippen LogP contribution is -2.42. The molecule has 0 saturated heterocycles. The van der Waals surface area contributed by atoms with Crippen LogP contribution >= 0.6 is 11.3 Å². The number of nitrogens with zero attached hydrogens (tertiary/aromatic N) is 1. The molecule has 2 amide bonds. The van der Waals surface area contributed by atoms with E-state index in [-0.39, 0.29) is 12.3 Å². The molecule has 0 unspecified atom stereocenters. The van der Waals surface area contributed by atoms with E-state index in [1.54, 1.807) is 48.7 Å². The fraction of sp³-hybridized carbons (Fsp3) is 0.0588. The summed E-state index contributed by atoms with van der Waals surface area (Å²) in [6, 6.07) is 29.6. The molecule has 44 heavy (non-hydrogen) atoms. The van der Waals surface area contributed by atoms with E-state index in [9.17, 15) is 19.5 Å². The monoisotopic (exact) mass is 602 g/mol. The van der Waals surface area contributed by atoms with Crippen LogP contribution in [0.3, 0.4) is 0 Å². The van der Waals surface area contributed by atoms with Crippen LogP contribution in [0.15, 0.2) is 116 Å². The zero-order chi connectivity index (χ0) is 30.5. The first-order chi connectivity index (χ1) is 21.4. The average Bonchev–Trinajstić information content (AvgIpc) is 3.70. The molecule has 0 aliphatic heterocycles. The third-order valence-corrected chi connectivity index (χ3v) is 7.94. The van der Waals surface area contributed by atoms with Crippen LogP contribution < -0.4 is 15.4 Å². The van der Waals surface area contributed by atoms with Gasteiger partial charge in [0.05, 0.1) is 6.20 Å². The van der Waals surface area contributed by atoms with Gasteiger partial charge in [-0.1, -0.05) is 54.6 Å². The van der Waals surface area contributed by atoms with Crippen LogP contribution in [0, 0.1) is 0 Å². The number of aromatic nitrogens is 2. The van der Waals surface area contributed by atoms with Crippen molar-refractivity contribution < 1.29 is 24.2 Å². The largest absolute Gasteiger partial charge is 0.480 e. The van der Waals surface area contributed by atoms with Gasteiger partial charge < -0.3 is 25.5 Å². The quantitative estimate of drug-likeness (QED) is 0.137. The predicted molar refractivity (Wildman–Crippen MR) is 169 cm³/mol. The van der Waals surface area contributed by atoms with Gasteiger partial charge in [0.1, 0.15) is 27.4 Å². The summed E-state index contributed by atoms with van der Waals surface area (Å²) >= 11 is 1.22. The van der Waals surface area contributed by atoms with E-state index in [1.807, 2.05) is 60.7 Å². The molecular weight excluding hydrogens is 576 g/mol. The van der Waals surface area contributed by atoms with E-state index in [4.69, 9.17) is 4.74 Å². The molecule has 2 heterocycles. The van der Waals surface area contributed by atoms with Crippen molar-refractivity contribution in [2.24, 2.45) is 0 Å². The predicted octanol–water partition coefficient (Wildman–Crippen LogP) is 6.76. The van der Waals surface area contributed by atoms with E-state index < -0.39 is 17.9 Å². The summed E-state index contributed by atoms with van der Waals surface area (Å²) in [6.07, 6.45) is 3.40. The summed E-state index contributed by atoms with van der Waals surface area (Å²) in [5.74, 6) is -0.642. The summed E-state index contributed by atoms with van der Waals surface area (Å²) in [6.45, 7) is 0. The van der Waals surface area contributed by atoms with Crippen molar-refractivity contribution in [2.75, 3.05) is 5.32 Å². The molecule has 218 valence electrons. The first-order valence-corrected chi connectivity index (χ1v) is 14.5. The fourth-order valence-electron chi connectivity index (χ4n) is 4.69. The fourth-order valence-corrected chi connectivity index (χ4v) is 5.51. The van der Waals surface area contributed by atoms with Gasteiger partial charge in [0.2, 0.25) is 0 Å². The number of H-pyrrole nitrogens is 1. The maximum atomic E-state index is 12.9. The van der Waals surface area contributed by atoms with Gasteiger partial charge in [0, 0.05) is 46.4 Å². The topological polar surface area (TPSA) is 133 Å². The highest BCUT2D eigenvalue weighted by atomic mass is 32.1. The number of carboxylic acid groups (broad SMARTS) is 1. The Bertz CT molecular complexity index is 1950. The van der Waals surface area contributed by atoms with Crippen LogP contribution in [-0.2, 0) is 11.2 Å². The first kappa shape index (κ1) is 28.4. The van der Waals surface area contributed by atoms with E-state index in [0.717, 1.165) is 22.0 Å². The van der Waals surface area contributed by atoms with Gasteiger partial charge in [-0.05, 0) is 48.0 Å². The van der Waals surface area contributed by atoms with E-state index in [2.05, 4.69) is 20.6 Å². The number of hydrogen-bond acceptors (Lipinski definition) is 6. The molecule has 0 radical (unpaired) electrons. The molecule has 10 heteroatoms. The molecule has 0 aliphatic carbocycles. The number of aliphatic carboxylic acids is 1. The highest BCUT2D eigenvalue weighted by molar-refractivity contribution is 7.17. The maximum Gasteiger partial charge on any atom is 0.326 e. The molecule has 0 saturated carbocycles. The second-order valence-electron chi connectivity index (χ2n) is 9.93. The molecular formula is C34H26N4O5S. The third kappa shape index (κ3) is 6.50. The normalized spacial score (nSPS) is 11.5. The van der Waals surface area contributed by atoms with E-state index in [0.29, 0.717) is 32.6 Å². The Balaban J connectivity index is 1.08. The lowest BCUT2D eigenvalue weighted by molar-refractivity contribution is -0.139. The van der Waals surface area contributed by atoms with Crippen molar-refractivity contribution in [3.8, 4) is 22.1 Å². The third-order valence-electron chi connectivity index (χ3n) is 6.90. The van der Waals surface area contributed by atoms with E-state index >= 15 is 0 Å². The van der Waals surface area contributed by atoms with Crippen molar-refractivity contribution in [3.63, 3.8) is 0 Å². The Morgan fingerprint density at radius 2 is 1.61 bits per heavy atom. The Morgan fingerprint density at radius 3 is 2.41 bits per heavy atom. The zero-order valence-corrected chi connectivity index (χ0v) is 24.0. The number of carbonyl (C=O) groups excluding carboxylic acids is 2. The van der Waals surface area contributed by atoms with Crippen molar-refractivity contribution in [1.29, 1.82) is 0 Å². The molecule has 4 aromatic carbocycles. The van der Waals surface area contributed by atoms with Crippen molar-refractivity contribution >= 4 is 45.7 Å². The number of anilines is 1. The highest BCUT2D eigenvalue weighted by Crippen LogP contribution is 2.28. The summed E-state index contributed by atoms with van der Waals surface area (Å²) < 4.78 is 5.85. The lowest BCUT2D eigenvalue weighted by atomic mass is 10.0. The second-order valence-corrected chi connectivity index (χ2v) is 11.0. The average molecular weight is 603 g/mol. The minimum absolute atomic E-state index is 0.136. The SMILES string of the molecule is O=C(N[C@H](Cc1c[nH]c2ccccc12)C(=O)O)c1ccc(-c2ncc(C(=O)Nc3cccc(Oc4ccccc4)c3)s2)cc1. The van der Waals surface area contributed by atoms with Crippen LogP contribution in [0.4, 0.5) is 5.69 Å². The van der Waals surface area contributed by atoms with Crippen molar-refractivity contribution in [3.05, 3.63) is 132 Å². The van der Waals surface area contributed by atoms with Gasteiger partial charge >= 0.3 is 5.97 Å². The highest BCUT2D eigenvalue weighted by Gasteiger charge is 2.23. The number of fused-ring (bicyclic) bond motifs is 1. The summed E-state index contributed by atoms with van der Waals surface area (Å²) in [5.41, 5.74) is 3.32. The first-order valence-electron chi connectivity index (χ1n) is 13.7.